The molecule has 18 heavy (non-hydrogen) atoms. The van der Waals surface area contributed by atoms with Crippen molar-refractivity contribution >= 4 is 16.7 Å². The second kappa shape index (κ2) is 5.21. The number of rotatable bonds is 3. The second-order valence-electron chi connectivity index (χ2n) is 4.81. The van der Waals surface area contributed by atoms with Gasteiger partial charge in [0, 0.05) is 0 Å². The maximum absolute atomic E-state index is 11.9. The fourth-order valence-corrected chi connectivity index (χ4v) is 1.95. The standard InChI is InChI=1S/C16H18O2/c1-11(2)18-16(17)12(3)14-9-8-13-6-4-5-7-15(13)10-14/h4-12H,1-3H3. The van der Waals surface area contributed by atoms with Crippen LogP contribution < -0.4 is 0 Å². The van der Waals surface area contributed by atoms with E-state index in [0.29, 0.717) is 0 Å². The van der Waals surface area contributed by atoms with Gasteiger partial charge in [-0.25, -0.2) is 0 Å². The summed E-state index contributed by atoms with van der Waals surface area (Å²) in [4.78, 5) is 11.9. The van der Waals surface area contributed by atoms with E-state index in [1.807, 2.05) is 45.0 Å². The highest BCUT2D eigenvalue weighted by Gasteiger charge is 2.17. The summed E-state index contributed by atoms with van der Waals surface area (Å²) in [6.07, 6.45) is -0.0691. The Morgan fingerprint density at radius 2 is 1.67 bits per heavy atom. The molecule has 94 valence electrons. The van der Waals surface area contributed by atoms with Crippen molar-refractivity contribution in [1.29, 1.82) is 0 Å². The molecular formula is C16H18O2. The molecule has 0 amide bonds. The molecule has 0 fully saturated rings. The van der Waals surface area contributed by atoms with E-state index in [2.05, 4.69) is 18.2 Å². The zero-order valence-corrected chi connectivity index (χ0v) is 11.0. The van der Waals surface area contributed by atoms with Crippen molar-refractivity contribution in [2.75, 3.05) is 0 Å². The summed E-state index contributed by atoms with van der Waals surface area (Å²) in [5.74, 6) is -0.391. The van der Waals surface area contributed by atoms with Crippen molar-refractivity contribution in [1.82, 2.24) is 0 Å². The SMILES string of the molecule is CC(C)OC(=O)C(C)c1ccc2ccccc2c1. The van der Waals surface area contributed by atoms with Gasteiger partial charge in [0.25, 0.3) is 0 Å². The fraction of sp³-hybridized carbons (Fsp3) is 0.312. The van der Waals surface area contributed by atoms with Gasteiger partial charge in [0.15, 0.2) is 0 Å². The third-order valence-corrected chi connectivity index (χ3v) is 2.98. The molecule has 0 bridgehead atoms. The van der Waals surface area contributed by atoms with Gasteiger partial charge in [-0.1, -0.05) is 42.5 Å². The van der Waals surface area contributed by atoms with Crippen LogP contribution in [0.2, 0.25) is 0 Å². The van der Waals surface area contributed by atoms with E-state index in [4.69, 9.17) is 4.74 Å². The second-order valence-corrected chi connectivity index (χ2v) is 4.81. The number of fused-ring (bicyclic) bond motifs is 1. The molecule has 0 aliphatic carbocycles. The largest absolute Gasteiger partial charge is 0.463 e. The molecule has 2 heteroatoms. The van der Waals surface area contributed by atoms with Crippen molar-refractivity contribution < 1.29 is 9.53 Å². The average molecular weight is 242 g/mol. The molecule has 2 aromatic rings. The van der Waals surface area contributed by atoms with Crippen molar-refractivity contribution in [3.63, 3.8) is 0 Å². The number of benzene rings is 2. The zero-order valence-electron chi connectivity index (χ0n) is 11.0. The van der Waals surface area contributed by atoms with Crippen LogP contribution in [-0.4, -0.2) is 12.1 Å². The molecule has 0 saturated heterocycles. The Hall–Kier alpha value is -1.83. The Bertz CT molecular complexity index is 558. The van der Waals surface area contributed by atoms with E-state index in [1.165, 1.54) is 5.39 Å². The van der Waals surface area contributed by atoms with Crippen LogP contribution in [0.4, 0.5) is 0 Å². The molecule has 0 aromatic heterocycles. The smallest absolute Gasteiger partial charge is 0.313 e. The summed E-state index contributed by atoms with van der Waals surface area (Å²) in [5, 5.41) is 2.34. The number of hydrogen-bond donors (Lipinski definition) is 0. The topological polar surface area (TPSA) is 26.3 Å². The lowest BCUT2D eigenvalue weighted by Gasteiger charge is -2.14. The minimum absolute atomic E-state index is 0.0691. The van der Waals surface area contributed by atoms with Crippen LogP contribution in [0.15, 0.2) is 42.5 Å². The summed E-state index contributed by atoms with van der Waals surface area (Å²) in [5.41, 5.74) is 0.999. The van der Waals surface area contributed by atoms with Crippen molar-refractivity contribution in [2.24, 2.45) is 0 Å². The molecule has 0 radical (unpaired) electrons. The molecule has 1 atom stereocenters. The number of carbonyl (C=O) groups excluding carboxylic acids is 1. The van der Waals surface area contributed by atoms with Gasteiger partial charge in [0.2, 0.25) is 0 Å². The summed E-state index contributed by atoms with van der Waals surface area (Å²) in [7, 11) is 0. The summed E-state index contributed by atoms with van der Waals surface area (Å²) < 4.78 is 5.24. The molecular weight excluding hydrogens is 224 g/mol. The van der Waals surface area contributed by atoms with E-state index >= 15 is 0 Å². The van der Waals surface area contributed by atoms with E-state index in [9.17, 15) is 4.79 Å². The number of carbonyl (C=O) groups is 1. The first-order valence-corrected chi connectivity index (χ1v) is 6.27. The third-order valence-electron chi connectivity index (χ3n) is 2.98. The van der Waals surface area contributed by atoms with E-state index in [-0.39, 0.29) is 18.0 Å². The molecule has 2 nitrogen and oxygen atoms in total. The van der Waals surface area contributed by atoms with Crippen molar-refractivity contribution in [3.8, 4) is 0 Å². The first kappa shape index (κ1) is 12.6. The van der Waals surface area contributed by atoms with Crippen molar-refractivity contribution in [3.05, 3.63) is 48.0 Å². The molecule has 0 aliphatic rings. The van der Waals surface area contributed by atoms with Crippen LogP contribution in [0.25, 0.3) is 10.8 Å². The van der Waals surface area contributed by atoms with Gasteiger partial charge in [-0.15, -0.1) is 0 Å². The van der Waals surface area contributed by atoms with Crippen LogP contribution in [-0.2, 0) is 9.53 Å². The van der Waals surface area contributed by atoms with Gasteiger partial charge in [-0.3, -0.25) is 4.79 Å². The Morgan fingerprint density at radius 3 is 2.33 bits per heavy atom. The van der Waals surface area contributed by atoms with Crippen LogP contribution in [0.5, 0.6) is 0 Å². The molecule has 0 saturated carbocycles. The maximum Gasteiger partial charge on any atom is 0.313 e. The van der Waals surface area contributed by atoms with E-state index in [0.717, 1.165) is 10.9 Å². The summed E-state index contributed by atoms with van der Waals surface area (Å²) >= 11 is 0. The quantitative estimate of drug-likeness (QED) is 0.763. The average Bonchev–Trinajstić information content (AvgIpc) is 2.36. The minimum atomic E-state index is -0.225. The highest BCUT2D eigenvalue weighted by molar-refractivity contribution is 5.85. The predicted molar refractivity (Wildman–Crippen MR) is 73.6 cm³/mol. The van der Waals surface area contributed by atoms with Gasteiger partial charge in [-0.2, -0.15) is 0 Å². The fourth-order valence-electron chi connectivity index (χ4n) is 1.95. The Balaban J connectivity index is 2.27. The summed E-state index contributed by atoms with van der Waals surface area (Å²) in [6, 6.07) is 14.2. The van der Waals surface area contributed by atoms with E-state index < -0.39 is 0 Å². The molecule has 0 spiro atoms. The van der Waals surface area contributed by atoms with Crippen LogP contribution >= 0.6 is 0 Å². The molecule has 0 aliphatic heterocycles. The molecule has 0 N–H and O–H groups in total. The minimum Gasteiger partial charge on any atom is -0.463 e. The zero-order chi connectivity index (χ0) is 13.1. The molecule has 1 unspecified atom stereocenters. The first-order valence-electron chi connectivity index (χ1n) is 6.27. The highest BCUT2D eigenvalue weighted by Crippen LogP contribution is 2.22. The predicted octanol–water partition coefficient (Wildman–Crippen LogP) is 3.89. The number of hydrogen-bond acceptors (Lipinski definition) is 2. The Morgan fingerprint density at radius 1 is 1.00 bits per heavy atom. The van der Waals surface area contributed by atoms with Crippen LogP contribution in [0.1, 0.15) is 32.3 Å². The summed E-state index contributed by atoms with van der Waals surface area (Å²) in [6.45, 7) is 5.62. The first-order chi connectivity index (χ1) is 8.58. The number of ether oxygens (including phenoxy) is 1. The van der Waals surface area contributed by atoms with Gasteiger partial charge < -0.3 is 4.74 Å². The van der Waals surface area contributed by atoms with Crippen molar-refractivity contribution in [2.45, 2.75) is 32.8 Å². The lowest BCUT2D eigenvalue weighted by atomic mass is 9.98. The number of esters is 1. The van der Waals surface area contributed by atoms with E-state index in [1.54, 1.807) is 0 Å². The monoisotopic (exact) mass is 242 g/mol. The molecule has 0 heterocycles. The molecule has 2 rings (SSSR count). The van der Waals surface area contributed by atoms with Crippen LogP contribution in [0, 0.1) is 0 Å². The van der Waals surface area contributed by atoms with Crippen LogP contribution in [0.3, 0.4) is 0 Å². The lowest BCUT2D eigenvalue weighted by molar-refractivity contribution is -0.148. The van der Waals surface area contributed by atoms with Gasteiger partial charge >= 0.3 is 5.97 Å². The maximum atomic E-state index is 11.9. The lowest BCUT2D eigenvalue weighted by Crippen LogP contribution is -2.17. The normalized spacial score (nSPS) is 12.7. The highest BCUT2D eigenvalue weighted by atomic mass is 16.5. The Kier molecular flexibility index (Phi) is 3.66. The third kappa shape index (κ3) is 2.70. The molecule has 2 aromatic carbocycles. The van der Waals surface area contributed by atoms with Gasteiger partial charge in [-0.05, 0) is 37.1 Å². The van der Waals surface area contributed by atoms with Gasteiger partial charge in [0.1, 0.15) is 0 Å². The Labute approximate surface area is 108 Å². The van der Waals surface area contributed by atoms with Gasteiger partial charge in [0.05, 0.1) is 12.0 Å².